The van der Waals surface area contributed by atoms with Crippen molar-refractivity contribution in [1.29, 1.82) is 0 Å². The van der Waals surface area contributed by atoms with E-state index in [1.54, 1.807) is 30.3 Å². The van der Waals surface area contributed by atoms with E-state index < -0.39 is 7.82 Å². The van der Waals surface area contributed by atoms with Crippen LogP contribution in [0.15, 0.2) is 30.3 Å². The molecule has 5 heteroatoms. The van der Waals surface area contributed by atoms with Gasteiger partial charge in [-0.3, -0.25) is 9.42 Å². The molecule has 16 heavy (non-hydrogen) atoms. The van der Waals surface area contributed by atoms with Crippen molar-refractivity contribution in [3.8, 4) is 5.75 Å². The van der Waals surface area contributed by atoms with Crippen LogP contribution in [-0.4, -0.2) is 11.0 Å². The van der Waals surface area contributed by atoms with E-state index in [-0.39, 0.29) is 6.10 Å². The van der Waals surface area contributed by atoms with E-state index in [0.717, 1.165) is 0 Å². The number of para-hydroxylation sites is 1. The summed E-state index contributed by atoms with van der Waals surface area (Å²) < 4.78 is 21.6. The van der Waals surface area contributed by atoms with Crippen molar-refractivity contribution in [2.45, 2.75) is 32.8 Å². The van der Waals surface area contributed by atoms with Gasteiger partial charge in [-0.25, -0.2) is 4.57 Å². The van der Waals surface area contributed by atoms with Crippen molar-refractivity contribution in [3.63, 3.8) is 0 Å². The molecule has 1 atom stereocenters. The van der Waals surface area contributed by atoms with E-state index in [9.17, 15) is 9.46 Å². The second-order valence-corrected chi connectivity index (χ2v) is 4.75. The molecular weight excluding hydrogens is 227 g/mol. The predicted molar refractivity (Wildman–Crippen MR) is 62.4 cm³/mol. The Morgan fingerprint density at radius 1 is 1.25 bits per heavy atom. The third kappa shape index (κ3) is 4.35. The number of phosphoric acid groups is 1. The Balaban J connectivity index is 2.61. The van der Waals surface area contributed by atoms with Crippen LogP contribution in [0.2, 0.25) is 0 Å². The fourth-order valence-electron chi connectivity index (χ4n) is 1.26. The van der Waals surface area contributed by atoms with Gasteiger partial charge in [0, 0.05) is 0 Å². The van der Waals surface area contributed by atoms with Crippen LogP contribution in [-0.2, 0) is 9.09 Å². The van der Waals surface area contributed by atoms with Crippen molar-refractivity contribution in [2.75, 3.05) is 0 Å². The summed E-state index contributed by atoms with van der Waals surface area (Å²) >= 11 is 0. The van der Waals surface area contributed by atoms with Gasteiger partial charge in [-0.05, 0) is 25.0 Å². The number of phosphoric ester groups is 1. The molecule has 0 bridgehead atoms. The number of rotatable bonds is 6. The van der Waals surface area contributed by atoms with Crippen LogP contribution < -0.4 is 4.52 Å². The molecule has 0 saturated heterocycles. The molecule has 0 amide bonds. The lowest BCUT2D eigenvalue weighted by Crippen LogP contribution is -2.10. The Bertz CT molecular complexity index is 348. The first-order valence-electron chi connectivity index (χ1n) is 5.33. The highest BCUT2D eigenvalue weighted by Gasteiger charge is 2.26. The first-order chi connectivity index (χ1) is 7.57. The Morgan fingerprint density at radius 2 is 1.81 bits per heavy atom. The second-order valence-electron chi connectivity index (χ2n) is 3.42. The molecule has 0 aromatic heterocycles. The standard InChI is InChI=1S/C11H17O4P/c1-3-10(4-2)14-16(12,13)15-11-8-6-5-7-9-11/h5-10H,3-4H2,1-2H3,(H,12,13). The molecule has 1 unspecified atom stereocenters. The first-order valence-corrected chi connectivity index (χ1v) is 6.82. The van der Waals surface area contributed by atoms with E-state index in [4.69, 9.17) is 9.05 Å². The zero-order valence-corrected chi connectivity index (χ0v) is 10.4. The topological polar surface area (TPSA) is 55.8 Å². The molecular formula is C11H17O4P. The summed E-state index contributed by atoms with van der Waals surface area (Å²) in [6.45, 7) is 3.80. The Labute approximate surface area is 95.8 Å². The third-order valence-corrected chi connectivity index (χ3v) is 3.16. The highest BCUT2D eigenvalue weighted by Crippen LogP contribution is 2.45. The van der Waals surface area contributed by atoms with Crippen LogP contribution in [0.4, 0.5) is 0 Å². The van der Waals surface area contributed by atoms with Crippen LogP contribution in [0.25, 0.3) is 0 Å². The van der Waals surface area contributed by atoms with Gasteiger partial charge in [0.25, 0.3) is 0 Å². The van der Waals surface area contributed by atoms with E-state index in [1.165, 1.54) is 0 Å². The first kappa shape index (κ1) is 13.2. The van der Waals surface area contributed by atoms with Crippen molar-refractivity contribution in [3.05, 3.63) is 30.3 Å². The van der Waals surface area contributed by atoms with Crippen LogP contribution >= 0.6 is 7.82 Å². The summed E-state index contributed by atoms with van der Waals surface area (Å²) in [6, 6.07) is 8.48. The zero-order valence-electron chi connectivity index (χ0n) is 9.50. The highest BCUT2D eigenvalue weighted by atomic mass is 31.2. The van der Waals surface area contributed by atoms with Gasteiger partial charge in [-0.15, -0.1) is 0 Å². The Kier molecular flexibility index (Phi) is 5.00. The lowest BCUT2D eigenvalue weighted by atomic mass is 10.2. The molecule has 0 aliphatic carbocycles. The molecule has 0 heterocycles. The fourth-order valence-corrected chi connectivity index (χ4v) is 2.37. The molecule has 0 radical (unpaired) electrons. The molecule has 0 aliphatic heterocycles. The van der Waals surface area contributed by atoms with Gasteiger partial charge in [-0.1, -0.05) is 32.0 Å². The average molecular weight is 244 g/mol. The minimum Gasteiger partial charge on any atom is -0.404 e. The maximum atomic E-state index is 11.6. The van der Waals surface area contributed by atoms with Gasteiger partial charge in [0.1, 0.15) is 5.75 Å². The molecule has 0 saturated carbocycles. The highest BCUT2D eigenvalue weighted by molar-refractivity contribution is 7.47. The van der Waals surface area contributed by atoms with Crippen molar-refractivity contribution < 1.29 is 18.5 Å². The van der Waals surface area contributed by atoms with Crippen LogP contribution in [0.1, 0.15) is 26.7 Å². The van der Waals surface area contributed by atoms with Gasteiger partial charge in [-0.2, -0.15) is 0 Å². The summed E-state index contributed by atoms with van der Waals surface area (Å²) in [5.41, 5.74) is 0. The molecule has 0 spiro atoms. The van der Waals surface area contributed by atoms with Crippen LogP contribution in [0.5, 0.6) is 5.75 Å². The van der Waals surface area contributed by atoms with E-state index in [2.05, 4.69) is 0 Å². The molecule has 0 aliphatic rings. The lowest BCUT2D eigenvalue weighted by molar-refractivity contribution is 0.131. The van der Waals surface area contributed by atoms with Gasteiger partial charge in [0.15, 0.2) is 0 Å². The van der Waals surface area contributed by atoms with Crippen molar-refractivity contribution in [1.82, 2.24) is 0 Å². The maximum absolute atomic E-state index is 11.6. The third-order valence-electron chi connectivity index (χ3n) is 2.16. The molecule has 1 aromatic rings. The summed E-state index contributed by atoms with van der Waals surface area (Å²) in [7, 11) is -4.00. The van der Waals surface area contributed by atoms with Gasteiger partial charge in [0.2, 0.25) is 0 Å². The van der Waals surface area contributed by atoms with E-state index in [0.29, 0.717) is 18.6 Å². The minimum atomic E-state index is -4.00. The van der Waals surface area contributed by atoms with Gasteiger partial charge in [0.05, 0.1) is 6.10 Å². The Morgan fingerprint density at radius 3 is 2.31 bits per heavy atom. The van der Waals surface area contributed by atoms with Crippen LogP contribution in [0.3, 0.4) is 0 Å². The van der Waals surface area contributed by atoms with Gasteiger partial charge >= 0.3 is 7.82 Å². The normalized spacial score (nSPS) is 14.8. The molecule has 4 nitrogen and oxygen atoms in total. The quantitative estimate of drug-likeness (QED) is 0.779. The Hall–Kier alpha value is -0.830. The van der Waals surface area contributed by atoms with Crippen molar-refractivity contribution in [2.24, 2.45) is 0 Å². The summed E-state index contributed by atoms with van der Waals surface area (Å²) in [4.78, 5) is 9.51. The predicted octanol–water partition coefficient (Wildman–Crippen LogP) is 3.37. The van der Waals surface area contributed by atoms with Crippen molar-refractivity contribution >= 4 is 7.82 Å². The zero-order chi connectivity index (χ0) is 12.0. The van der Waals surface area contributed by atoms with E-state index in [1.807, 2.05) is 13.8 Å². The fraction of sp³-hybridized carbons (Fsp3) is 0.455. The summed E-state index contributed by atoms with van der Waals surface area (Å²) in [6.07, 6.45) is 1.11. The molecule has 0 fully saturated rings. The number of benzene rings is 1. The number of hydrogen-bond donors (Lipinski definition) is 1. The molecule has 90 valence electrons. The minimum absolute atomic E-state index is 0.250. The van der Waals surface area contributed by atoms with Crippen LogP contribution in [0, 0.1) is 0 Å². The van der Waals surface area contributed by atoms with E-state index >= 15 is 0 Å². The molecule has 1 rings (SSSR count). The lowest BCUT2D eigenvalue weighted by Gasteiger charge is -2.18. The number of hydrogen-bond acceptors (Lipinski definition) is 3. The monoisotopic (exact) mass is 244 g/mol. The molecule has 1 N–H and O–H groups in total. The summed E-state index contributed by atoms with van der Waals surface area (Å²) in [5, 5.41) is 0. The maximum Gasteiger partial charge on any atom is 0.527 e. The summed E-state index contributed by atoms with van der Waals surface area (Å²) in [5.74, 6) is 0.333. The average Bonchev–Trinajstić information content (AvgIpc) is 2.26. The smallest absolute Gasteiger partial charge is 0.404 e. The molecule has 1 aromatic carbocycles. The van der Waals surface area contributed by atoms with Gasteiger partial charge < -0.3 is 4.52 Å². The second kappa shape index (κ2) is 6.04. The SMILES string of the molecule is CCC(CC)OP(=O)(O)Oc1ccccc1. The largest absolute Gasteiger partial charge is 0.527 e.